The summed E-state index contributed by atoms with van der Waals surface area (Å²) in [5.74, 6) is -0.625. The van der Waals surface area contributed by atoms with Gasteiger partial charge < -0.3 is 5.32 Å². The second kappa shape index (κ2) is 9.01. The Morgan fingerprint density at radius 3 is 2.73 bits per heavy atom. The SMILES string of the molecule is O=C(NCCc1ccccn1)c1ccccc1C1=NCC(c2ccc(Cl)c(F)c2)=C1. The van der Waals surface area contributed by atoms with Crippen molar-refractivity contribution in [2.75, 3.05) is 13.1 Å². The van der Waals surface area contributed by atoms with Crippen molar-refractivity contribution < 1.29 is 9.18 Å². The summed E-state index contributed by atoms with van der Waals surface area (Å²) in [4.78, 5) is 21.6. The molecule has 0 aliphatic carbocycles. The van der Waals surface area contributed by atoms with Crippen molar-refractivity contribution in [1.29, 1.82) is 0 Å². The molecule has 0 spiro atoms. The Balaban J connectivity index is 1.49. The van der Waals surface area contributed by atoms with Crippen LogP contribution in [0.2, 0.25) is 5.02 Å². The molecular weight excluding hydrogens is 401 g/mol. The molecule has 0 saturated carbocycles. The smallest absolute Gasteiger partial charge is 0.251 e. The Hall–Kier alpha value is -3.31. The number of amides is 1. The lowest BCUT2D eigenvalue weighted by Gasteiger charge is -2.09. The number of aromatic nitrogens is 1. The summed E-state index contributed by atoms with van der Waals surface area (Å²) >= 11 is 5.78. The molecule has 0 bridgehead atoms. The Kier molecular flexibility index (Phi) is 6.00. The zero-order chi connectivity index (χ0) is 20.9. The Bertz CT molecular complexity index is 1140. The van der Waals surface area contributed by atoms with E-state index in [1.165, 1.54) is 12.1 Å². The number of rotatable bonds is 6. The summed E-state index contributed by atoms with van der Waals surface area (Å²) in [5, 5.41) is 3.04. The fourth-order valence-corrected chi connectivity index (χ4v) is 3.43. The summed E-state index contributed by atoms with van der Waals surface area (Å²) in [6, 6.07) is 17.8. The van der Waals surface area contributed by atoms with Crippen LogP contribution in [0, 0.1) is 5.82 Å². The third kappa shape index (κ3) is 4.47. The van der Waals surface area contributed by atoms with Gasteiger partial charge in [-0.15, -0.1) is 0 Å². The monoisotopic (exact) mass is 419 g/mol. The molecule has 4 nitrogen and oxygen atoms in total. The molecule has 1 amide bonds. The molecular formula is C24H19ClFN3O. The van der Waals surface area contributed by atoms with E-state index in [1.54, 1.807) is 18.3 Å². The first-order chi connectivity index (χ1) is 14.6. The van der Waals surface area contributed by atoms with E-state index >= 15 is 0 Å². The van der Waals surface area contributed by atoms with Gasteiger partial charge in [-0.3, -0.25) is 14.8 Å². The van der Waals surface area contributed by atoms with E-state index in [1.807, 2.05) is 42.5 Å². The van der Waals surface area contributed by atoms with Crippen molar-refractivity contribution in [2.45, 2.75) is 6.42 Å². The minimum absolute atomic E-state index is 0.0891. The third-order valence-electron chi connectivity index (χ3n) is 4.86. The van der Waals surface area contributed by atoms with E-state index < -0.39 is 5.82 Å². The fourth-order valence-electron chi connectivity index (χ4n) is 3.31. The Morgan fingerprint density at radius 1 is 1.10 bits per heavy atom. The number of allylic oxidation sites excluding steroid dienone is 1. The van der Waals surface area contributed by atoms with Crippen LogP contribution in [0.15, 0.2) is 77.9 Å². The van der Waals surface area contributed by atoms with Gasteiger partial charge in [-0.05, 0) is 47.5 Å². The zero-order valence-electron chi connectivity index (χ0n) is 16.1. The number of halogens is 2. The van der Waals surface area contributed by atoms with Gasteiger partial charge in [0.15, 0.2) is 0 Å². The van der Waals surface area contributed by atoms with Crippen LogP contribution in [0.25, 0.3) is 5.57 Å². The van der Waals surface area contributed by atoms with Gasteiger partial charge in [0, 0.05) is 36.0 Å². The topological polar surface area (TPSA) is 54.4 Å². The summed E-state index contributed by atoms with van der Waals surface area (Å²) < 4.78 is 13.8. The van der Waals surface area contributed by atoms with E-state index in [0.29, 0.717) is 30.8 Å². The number of carbonyl (C=O) groups is 1. The van der Waals surface area contributed by atoms with Crippen molar-refractivity contribution in [3.8, 4) is 0 Å². The van der Waals surface area contributed by atoms with Crippen LogP contribution in [0.1, 0.15) is 27.2 Å². The lowest BCUT2D eigenvalue weighted by atomic mass is 10.00. The highest BCUT2D eigenvalue weighted by Crippen LogP contribution is 2.26. The molecule has 0 radical (unpaired) electrons. The lowest BCUT2D eigenvalue weighted by molar-refractivity contribution is 0.0954. The van der Waals surface area contributed by atoms with Gasteiger partial charge in [0.25, 0.3) is 5.91 Å². The maximum Gasteiger partial charge on any atom is 0.251 e. The number of nitrogens with one attached hydrogen (secondary N) is 1. The fraction of sp³-hybridized carbons (Fsp3) is 0.125. The highest BCUT2D eigenvalue weighted by atomic mass is 35.5. The lowest BCUT2D eigenvalue weighted by Crippen LogP contribution is -2.27. The molecule has 6 heteroatoms. The van der Waals surface area contributed by atoms with Gasteiger partial charge in [0.05, 0.1) is 17.3 Å². The second-order valence-electron chi connectivity index (χ2n) is 6.87. The molecule has 0 fully saturated rings. The molecule has 0 atom stereocenters. The molecule has 2 heterocycles. The van der Waals surface area contributed by atoms with Gasteiger partial charge >= 0.3 is 0 Å². The van der Waals surface area contributed by atoms with Crippen LogP contribution in [-0.2, 0) is 6.42 Å². The van der Waals surface area contributed by atoms with E-state index in [-0.39, 0.29) is 10.9 Å². The predicted molar refractivity (Wildman–Crippen MR) is 118 cm³/mol. The van der Waals surface area contributed by atoms with Crippen LogP contribution < -0.4 is 5.32 Å². The minimum Gasteiger partial charge on any atom is -0.352 e. The molecule has 3 aromatic rings. The van der Waals surface area contributed by atoms with Crippen molar-refractivity contribution >= 4 is 28.8 Å². The number of aliphatic imine (C=N–C) groups is 1. The maximum absolute atomic E-state index is 13.8. The normalized spacial score (nSPS) is 13.0. The summed E-state index contributed by atoms with van der Waals surface area (Å²) in [7, 11) is 0. The summed E-state index contributed by atoms with van der Waals surface area (Å²) in [5.41, 5.74) is 4.54. The number of hydrogen-bond donors (Lipinski definition) is 1. The molecule has 1 aliphatic heterocycles. The molecule has 0 unspecified atom stereocenters. The van der Waals surface area contributed by atoms with Crippen LogP contribution in [-0.4, -0.2) is 29.7 Å². The zero-order valence-corrected chi connectivity index (χ0v) is 16.9. The standard InChI is InChI=1S/C24H19ClFN3O/c25-21-9-8-16(13-22(21)26)17-14-23(29-15-17)19-6-1-2-7-20(19)24(30)28-12-10-18-5-3-4-11-27-18/h1-9,11,13-14H,10,12,15H2,(H,28,30). The van der Waals surface area contributed by atoms with Crippen molar-refractivity contribution in [3.63, 3.8) is 0 Å². The molecule has 2 aromatic carbocycles. The highest BCUT2D eigenvalue weighted by Gasteiger charge is 2.18. The minimum atomic E-state index is -0.462. The molecule has 4 rings (SSSR count). The van der Waals surface area contributed by atoms with E-state index in [2.05, 4.69) is 15.3 Å². The Labute approximate surface area is 179 Å². The van der Waals surface area contributed by atoms with Crippen LogP contribution in [0.5, 0.6) is 0 Å². The van der Waals surface area contributed by atoms with Crippen LogP contribution in [0.3, 0.4) is 0 Å². The van der Waals surface area contributed by atoms with Gasteiger partial charge in [-0.25, -0.2) is 4.39 Å². The average molecular weight is 420 g/mol. The largest absolute Gasteiger partial charge is 0.352 e. The van der Waals surface area contributed by atoms with Crippen molar-refractivity contribution in [3.05, 3.63) is 106 Å². The van der Waals surface area contributed by atoms with E-state index in [0.717, 1.165) is 22.4 Å². The van der Waals surface area contributed by atoms with Crippen molar-refractivity contribution in [1.82, 2.24) is 10.3 Å². The van der Waals surface area contributed by atoms with Gasteiger partial charge in [-0.2, -0.15) is 0 Å². The number of hydrogen-bond acceptors (Lipinski definition) is 3. The first-order valence-corrected chi connectivity index (χ1v) is 9.97. The second-order valence-corrected chi connectivity index (χ2v) is 7.28. The first-order valence-electron chi connectivity index (χ1n) is 9.60. The molecule has 1 N–H and O–H groups in total. The number of carbonyl (C=O) groups excluding carboxylic acids is 1. The summed E-state index contributed by atoms with van der Waals surface area (Å²) in [6.07, 6.45) is 4.28. The molecule has 1 aliphatic rings. The van der Waals surface area contributed by atoms with E-state index in [9.17, 15) is 9.18 Å². The maximum atomic E-state index is 13.8. The Morgan fingerprint density at radius 2 is 1.93 bits per heavy atom. The number of benzene rings is 2. The first kappa shape index (κ1) is 20.0. The molecule has 150 valence electrons. The van der Waals surface area contributed by atoms with Crippen LogP contribution >= 0.6 is 11.6 Å². The van der Waals surface area contributed by atoms with Crippen molar-refractivity contribution in [2.24, 2.45) is 4.99 Å². The average Bonchev–Trinajstić information content (AvgIpc) is 3.26. The van der Waals surface area contributed by atoms with E-state index in [4.69, 9.17) is 11.6 Å². The van der Waals surface area contributed by atoms with Gasteiger partial charge in [0.2, 0.25) is 0 Å². The number of pyridine rings is 1. The van der Waals surface area contributed by atoms with Crippen LogP contribution in [0.4, 0.5) is 4.39 Å². The molecule has 30 heavy (non-hydrogen) atoms. The van der Waals surface area contributed by atoms with Gasteiger partial charge in [-0.1, -0.05) is 41.9 Å². The number of nitrogens with zero attached hydrogens (tertiary/aromatic N) is 2. The quantitative estimate of drug-likeness (QED) is 0.627. The summed E-state index contributed by atoms with van der Waals surface area (Å²) in [6.45, 7) is 0.911. The molecule has 0 saturated heterocycles. The molecule has 1 aromatic heterocycles. The van der Waals surface area contributed by atoms with Gasteiger partial charge in [0.1, 0.15) is 5.82 Å². The predicted octanol–water partition coefficient (Wildman–Crippen LogP) is 4.73. The third-order valence-corrected chi connectivity index (χ3v) is 5.17. The highest BCUT2D eigenvalue weighted by molar-refractivity contribution is 6.30.